The van der Waals surface area contributed by atoms with Gasteiger partial charge >= 0.3 is 0 Å². The Morgan fingerprint density at radius 2 is 1.67 bits per heavy atom. The fourth-order valence-electron chi connectivity index (χ4n) is 1.68. The second-order valence-corrected chi connectivity index (χ2v) is 5.57. The molecule has 2 aromatic carbocycles. The predicted molar refractivity (Wildman–Crippen MR) is 92.8 cm³/mol. The van der Waals surface area contributed by atoms with Gasteiger partial charge in [0.25, 0.3) is 0 Å². The molecule has 21 heavy (non-hydrogen) atoms. The Morgan fingerprint density at radius 3 is 2.29 bits per heavy atom. The quantitative estimate of drug-likeness (QED) is 0.610. The third kappa shape index (κ3) is 4.43. The van der Waals surface area contributed by atoms with Gasteiger partial charge in [-0.25, -0.2) is 0 Å². The van der Waals surface area contributed by atoms with Crippen LogP contribution in [0, 0.1) is 0 Å². The number of hydrogen-bond acceptors (Lipinski definition) is 2. The van der Waals surface area contributed by atoms with E-state index in [0.717, 1.165) is 11.4 Å². The lowest BCUT2D eigenvalue weighted by molar-refractivity contribution is 0.101. The van der Waals surface area contributed by atoms with E-state index in [-0.39, 0.29) is 5.78 Å². The molecular formula is C15H12Cl2N2OS. The first kappa shape index (κ1) is 15.8. The molecule has 0 spiro atoms. The first-order valence-electron chi connectivity index (χ1n) is 6.10. The van der Waals surface area contributed by atoms with E-state index in [1.165, 1.54) is 6.92 Å². The van der Waals surface area contributed by atoms with Crippen LogP contribution < -0.4 is 10.6 Å². The van der Waals surface area contributed by atoms with E-state index >= 15 is 0 Å². The maximum absolute atomic E-state index is 11.3. The summed E-state index contributed by atoms with van der Waals surface area (Å²) in [5, 5.41) is 7.34. The summed E-state index contributed by atoms with van der Waals surface area (Å²) >= 11 is 17.0. The highest BCUT2D eigenvalue weighted by Gasteiger charge is 2.04. The molecule has 0 saturated carbocycles. The number of anilines is 2. The van der Waals surface area contributed by atoms with Crippen molar-refractivity contribution in [1.82, 2.24) is 0 Å². The van der Waals surface area contributed by atoms with E-state index in [0.29, 0.717) is 20.7 Å². The number of ketones is 1. The van der Waals surface area contributed by atoms with Crippen molar-refractivity contribution in [2.75, 3.05) is 10.6 Å². The highest BCUT2D eigenvalue weighted by molar-refractivity contribution is 7.80. The molecule has 0 aromatic heterocycles. The summed E-state index contributed by atoms with van der Waals surface area (Å²) in [7, 11) is 0. The van der Waals surface area contributed by atoms with E-state index in [1.807, 2.05) is 6.07 Å². The van der Waals surface area contributed by atoms with E-state index in [2.05, 4.69) is 10.6 Å². The molecule has 0 radical (unpaired) electrons. The maximum Gasteiger partial charge on any atom is 0.175 e. The zero-order valence-corrected chi connectivity index (χ0v) is 13.4. The first-order valence-corrected chi connectivity index (χ1v) is 7.26. The van der Waals surface area contributed by atoms with Gasteiger partial charge in [-0.2, -0.15) is 0 Å². The standard InChI is InChI=1S/C15H12Cl2N2OS/c1-9(20)10-3-2-4-11(7-10)18-15(21)19-12-5-6-13(16)14(17)8-12/h2-8H,1H3,(H2,18,19,21). The normalized spacial score (nSPS) is 10.0. The molecule has 0 amide bonds. The van der Waals surface area contributed by atoms with Crippen LogP contribution in [0.25, 0.3) is 0 Å². The summed E-state index contributed by atoms with van der Waals surface area (Å²) in [6, 6.07) is 12.3. The number of rotatable bonds is 3. The molecule has 2 aromatic rings. The number of carbonyl (C=O) groups excluding carboxylic acids is 1. The summed E-state index contributed by atoms with van der Waals surface area (Å²) in [5.74, 6) is 0.00186. The first-order chi connectivity index (χ1) is 9.95. The number of carbonyl (C=O) groups is 1. The van der Waals surface area contributed by atoms with Crippen molar-refractivity contribution in [3.8, 4) is 0 Å². The van der Waals surface area contributed by atoms with Crippen LogP contribution in [-0.2, 0) is 0 Å². The van der Waals surface area contributed by atoms with Crippen LogP contribution in [0.1, 0.15) is 17.3 Å². The van der Waals surface area contributed by atoms with Gasteiger partial charge in [-0.15, -0.1) is 0 Å². The average Bonchev–Trinajstić information content (AvgIpc) is 2.43. The van der Waals surface area contributed by atoms with Crippen LogP contribution in [0.15, 0.2) is 42.5 Å². The van der Waals surface area contributed by atoms with Crippen molar-refractivity contribution < 1.29 is 4.79 Å². The minimum Gasteiger partial charge on any atom is -0.332 e. The van der Waals surface area contributed by atoms with Crippen LogP contribution in [-0.4, -0.2) is 10.9 Å². The van der Waals surface area contributed by atoms with Gasteiger partial charge in [-0.3, -0.25) is 4.79 Å². The Kier molecular flexibility index (Phi) is 5.17. The minimum atomic E-state index is 0.00186. The SMILES string of the molecule is CC(=O)c1cccc(NC(=S)Nc2ccc(Cl)c(Cl)c2)c1. The lowest BCUT2D eigenvalue weighted by Crippen LogP contribution is -2.19. The topological polar surface area (TPSA) is 41.1 Å². The summed E-state index contributed by atoms with van der Waals surface area (Å²) in [6.07, 6.45) is 0. The third-order valence-corrected chi connectivity index (χ3v) is 3.65. The van der Waals surface area contributed by atoms with Gasteiger partial charge in [0.1, 0.15) is 0 Å². The molecule has 0 aliphatic rings. The molecule has 0 heterocycles. The molecule has 2 N–H and O–H groups in total. The monoisotopic (exact) mass is 338 g/mol. The van der Waals surface area contributed by atoms with E-state index in [1.54, 1.807) is 36.4 Å². The van der Waals surface area contributed by atoms with Gasteiger partial charge in [0.05, 0.1) is 10.0 Å². The second kappa shape index (κ2) is 6.89. The molecule has 0 unspecified atom stereocenters. The smallest absolute Gasteiger partial charge is 0.175 e. The Labute approximate surface area is 138 Å². The zero-order valence-electron chi connectivity index (χ0n) is 11.1. The van der Waals surface area contributed by atoms with Crippen LogP contribution in [0.3, 0.4) is 0 Å². The number of hydrogen-bond donors (Lipinski definition) is 2. The number of nitrogens with one attached hydrogen (secondary N) is 2. The Hall–Kier alpha value is -1.62. The molecule has 3 nitrogen and oxygen atoms in total. The minimum absolute atomic E-state index is 0.00186. The largest absolute Gasteiger partial charge is 0.332 e. The van der Waals surface area contributed by atoms with Crippen molar-refractivity contribution in [2.24, 2.45) is 0 Å². The molecule has 108 valence electrons. The van der Waals surface area contributed by atoms with E-state index in [4.69, 9.17) is 35.4 Å². The van der Waals surface area contributed by atoms with Crippen molar-refractivity contribution in [3.63, 3.8) is 0 Å². The van der Waals surface area contributed by atoms with Gasteiger partial charge in [-0.1, -0.05) is 35.3 Å². The molecule has 0 bridgehead atoms. The average molecular weight is 339 g/mol. The van der Waals surface area contributed by atoms with E-state index in [9.17, 15) is 4.79 Å². The molecule has 0 aliphatic heterocycles. The Bertz CT molecular complexity index is 704. The molecule has 6 heteroatoms. The second-order valence-electron chi connectivity index (χ2n) is 4.35. The maximum atomic E-state index is 11.3. The van der Waals surface area contributed by atoms with Gasteiger partial charge in [-0.05, 0) is 49.5 Å². The molecule has 0 saturated heterocycles. The lowest BCUT2D eigenvalue weighted by atomic mass is 10.1. The summed E-state index contributed by atoms with van der Waals surface area (Å²) in [6.45, 7) is 1.52. The van der Waals surface area contributed by atoms with Gasteiger partial charge in [0, 0.05) is 16.9 Å². The van der Waals surface area contributed by atoms with Crippen molar-refractivity contribution >= 4 is 57.7 Å². The molecular weight excluding hydrogens is 327 g/mol. The van der Waals surface area contributed by atoms with Gasteiger partial charge < -0.3 is 10.6 Å². The zero-order chi connectivity index (χ0) is 15.4. The highest BCUT2D eigenvalue weighted by atomic mass is 35.5. The third-order valence-electron chi connectivity index (χ3n) is 2.70. The Morgan fingerprint density at radius 1 is 1.00 bits per heavy atom. The van der Waals surface area contributed by atoms with Gasteiger partial charge in [0.2, 0.25) is 0 Å². The number of thiocarbonyl (C=S) groups is 1. The molecule has 0 aliphatic carbocycles. The van der Waals surface area contributed by atoms with Crippen LogP contribution in [0.2, 0.25) is 10.0 Å². The number of benzene rings is 2. The predicted octanol–water partition coefficient (Wildman–Crippen LogP) is 5.00. The fraction of sp³-hybridized carbons (Fsp3) is 0.0667. The molecule has 0 atom stereocenters. The molecule has 0 fully saturated rings. The highest BCUT2D eigenvalue weighted by Crippen LogP contribution is 2.25. The summed E-state index contributed by atoms with van der Waals surface area (Å²) in [4.78, 5) is 11.3. The molecule has 2 rings (SSSR count). The van der Waals surface area contributed by atoms with Crippen molar-refractivity contribution in [1.29, 1.82) is 0 Å². The fourth-order valence-corrected chi connectivity index (χ4v) is 2.22. The van der Waals surface area contributed by atoms with Crippen LogP contribution >= 0.6 is 35.4 Å². The lowest BCUT2D eigenvalue weighted by Gasteiger charge is -2.11. The van der Waals surface area contributed by atoms with Crippen molar-refractivity contribution in [3.05, 3.63) is 58.1 Å². The number of halogens is 2. The van der Waals surface area contributed by atoms with Crippen molar-refractivity contribution in [2.45, 2.75) is 6.92 Å². The summed E-state index contributed by atoms with van der Waals surface area (Å²) < 4.78 is 0. The number of Topliss-reactive ketones (excluding diaryl/α,β-unsaturated/α-hetero) is 1. The Balaban J connectivity index is 2.06. The summed E-state index contributed by atoms with van der Waals surface area (Å²) in [5.41, 5.74) is 2.09. The van der Waals surface area contributed by atoms with Crippen LogP contribution in [0.5, 0.6) is 0 Å². The van der Waals surface area contributed by atoms with E-state index < -0.39 is 0 Å². The van der Waals surface area contributed by atoms with Gasteiger partial charge in [0.15, 0.2) is 10.9 Å². The van der Waals surface area contributed by atoms with Crippen LogP contribution in [0.4, 0.5) is 11.4 Å².